The third-order valence-electron chi connectivity index (χ3n) is 3.08. The zero-order chi connectivity index (χ0) is 14.1. The Hall–Kier alpha value is -1.04. The molecule has 1 aromatic heterocycles. The fourth-order valence-corrected chi connectivity index (χ4v) is 1.86. The van der Waals surface area contributed by atoms with Gasteiger partial charge in [0.1, 0.15) is 5.82 Å². The third-order valence-corrected chi connectivity index (χ3v) is 3.08. The largest absolute Gasteiger partial charge is 0.380 e. The number of ether oxygens (including phenoxy) is 1. The van der Waals surface area contributed by atoms with Crippen molar-refractivity contribution in [2.24, 2.45) is 0 Å². The molecule has 0 aliphatic carbocycles. The van der Waals surface area contributed by atoms with Crippen molar-refractivity contribution in [2.45, 2.75) is 19.4 Å². The highest BCUT2D eigenvalue weighted by Gasteiger charge is 2.11. The first-order valence-electron chi connectivity index (χ1n) is 6.72. The summed E-state index contributed by atoms with van der Waals surface area (Å²) in [6.45, 7) is 5.37. The maximum absolute atomic E-state index is 12.8. The Bertz CT molecular complexity index is 345. The summed E-state index contributed by atoms with van der Waals surface area (Å²) < 4.78 is 18.2. The summed E-state index contributed by atoms with van der Waals surface area (Å²) in [6.07, 6.45) is 2.19. The zero-order valence-corrected chi connectivity index (χ0v) is 12.0. The van der Waals surface area contributed by atoms with Crippen molar-refractivity contribution in [3.05, 3.63) is 29.8 Å². The molecule has 19 heavy (non-hydrogen) atoms. The lowest BCUT2D eigenvalue weighted by Gasteiger charge is -2.21. The van der Waals surface area contributed by atoms with Crippen molar-refractivity contribution in [3.8, 4) is 0 Å². The zero-order valence-electron chi connectivity index (χ0n) is 12.0. The van der Waals surface area contributed by atoms with Crippen LogP contribution in [0.1, 0.15) is 25.1 Å². The van der Waals surface area contributed by atoms with Gasteiger partial charge in [0.25, 0.3) is 0 Å². The molecule has 108 valence electrons. The average molecular weight is 269 g/mol. The van der Waals surface area contributed by atoms with Gasteiger partial charge < -0.3 is 15.0 Å². The summed E-state index contributed by atoms with van der Waals surface area (Å²) in [5, 5.41) is 3.22. The van der Waals surface area contributed by atoms with Gasteiger partial charge >= 0.3 is 0 Å². The van der Waals surface area contributed by atoms with Gasteiger partial charge in [0, 0.05) is 13.2 Å². The average Bonchev–Trinajstić information content (AvgIpc) is 2.41. The highest BCUT2D eigenvalue weighted by Crippen LogP contribution is 2.14. The minimum Gasteiger partial charge on any atom is -0.380 e. The minimum absolute atomic E-state index is 0.148. The topological polar surface area (TPSA) is 37.4 Å². The van der Waals surface area contributed by atoms with Crippen LogP contribution in [0.15, 0.2) is 18.3 Å². The molecule has 5 heteroatoms. The number of nitrogens with zero attached hydrogens (tertiary/aromatic N) is 2. The van der Waals surface area contributed by atoms with Gasteiger partial charge in [-0.15, -0.1) is 0 Å². The molecule has 0 aliphatic heterocycles. The molecule has 1 unspecified atom stereocenters. The van der Waals surface area contributed by atoms with Crippen LogP contribution in [0.5, 0.6) is 0 Å². The van der Waals surface area contributed by atoms with Crippen LogP contribution < -0.4 is 5.32 Å². The minimum atomic E-state index is -0.299. The molecule has 4 nitrogen and oxygen atoms in total. The van der Waals surface area contributed by atoms with Crippen molar-refractivity contribution < 1.29 is 9.13 Å². The molecule has 1 N–H and O–H groups in total. The molecule has 0 aliphatic rings. The molecule has 0 spiro atoms. The van der Waals surface area contributed by atoms with Gasteiger partial charge in [0.15, 0.2) is 0 Å². The Kier molecular flexibility index (Phi) is 7.55. The SMILES string of the molecule is CCOCCN(C)CCC(NC)c1ccc(F)cn1. The molecule has 1 heterocycles. The van der Waals surface area contributed by atoms with E-state index in [1.807, 2.05) is 14.0 Å². The van der Waals surface area contributed by atoms with E-state index in [-0.39, 0.29) is 11.9 Å². The van der Waals surface area contributed by atoms with Gasteiger partial charge in [-0.05, 0) is 46.1 Å². The molecule has 0 radical (unpaired) electrons. The normalized spacial score (nSPS) is 12.9. The van der Waals surface area contributed by atoms with E-state index in [9.17, 15) is 4.39 Å². The summed E-state index contributed by atoms with van der Waals surface area (Å²) in [6, 6.07) is 3.33. The summed E-state index contributed by atoms with van der Waals surface area (Å²) in [4.78, 5) is 6.35. The van der Waals surface area contributed by atoms with E-state index in [2.05, 4.69) is 22.2 Å². The predicted octanol–water partition coefficient (Wildman–Crippen LogP) is 1.84. The van der Waals surface area contributed by atoms with E-state index in [1.165, 1.54) is 12.3 Å². The lowest BCUT2D eigenvalue weighted by molar-refractivity contribution is 0.121. The molecule has 0 aromatic carbocycles. The second-order valence-corrected chi connectivity index (χ2v) is 4.53. The van der Waals surface area contributed by atoms with Gasteiger partial charge in [-0.3, -0.25) is 4.98 Å². The smallest absolute Gasteiger partial charge is 0.141 e. The van der Waals surface area contributed by atoms with Gasteiger partial charge in [-0.2, -0.15) is 0 Å². The Morgan fingerprint density at radius 3 is 2.79 bits per heavy atom. The first-order chi connectivity index (χ1) is 9.17. The number of nitrogens with one attached hydrogen (secondary N) is 1. The number of aromatic nitrogens is 1. The molecule has 1 atom stereocenters. The molecule has 1 aromatic rings. The highest BCUT2D eigenvalue weighted by molar-refractivity contribution is 5.09. The van der Waals surface area contributed by atoms with Crippen LogP contribution in [0.2, 0.25) is 0 Å². The van der Waals surface area contributed by atoms with Crippen LogP contribution in [0.3, 0.4) is 0 Å². The predicted molar refractivity (Wildman–Crippen MR) is 74.6 cm³/mol. The van der Waals surface area contributed by atoms with Crippen molar-refractivity contribution in [1.82, 2.24) is 15.2 Å². The number of hydrogen-bond donors (Lipinski definition) is 1. The van der Waals surface area contributed by atoms with Crippen LogP contribution in [-0.2, 0) is 4.74 Å². The monoisotopic (exact) mass is 269 g/mol. The third kappa shape index (κ3) is 6.09. The second-order valence-electron chi connectivity index (χ2n) is 4.53. The maximum atomic E-state index is 12.8. The molecule has 1 rings (SSSR count). The van der Waals surface area contributed by atoms with E-state index < -0.39 is 0 Å². The Labute approximate surface area is 115 Å². The molecule has 0 amide bonds. The van der Waals surface area contributed by atoms with Gasteiger partial charge in [0.05, 0.1) is 24.5 Å². The molecule has 0 bridgehead atoms. The van der Waals surface area contributed by atoms with Crippen molar-refractivity contribution in [1.29, 1.82) is 0 Å². The Morgan fingerprint density at radius 2 is 2.21 bits per heavy atom. The summed E-state index contributed by atoms with van der Waals surface area (Å²) >= 11 is 0. The number of rotatable bonds is 9. The van der Waals surface area contributed by atoms with E-state index in [4.69, 9.17) is 4.74 Å². The Morgan fingerprint density at radius 1 is 1.42 bits per heavy atom. The van der Waals surface area contributed by atoms with Crippen molar-refractivity contribution >= 4 is 0 Å². The van der Waals surface area contributed by atoms with Crippen molar-refractivity contribution in [2.75, 3.05) is 40.4 Å². The molecular formula is C14H24FN3O. The van der Waals surface area contributed by atoms with Crippen molar-refractivity contribution in [3.63, 3.8) is 0 Å². The van der Waals surface area contributed by atoms with Crippen LogP contribution in [0, 0.1) is 5.82 Å². The number of pyridine rings is 1. The van der Waals surface area contributed by atoms with Crippen LogP contribution in [-0.4, -0.2) is 50.3 Å². The summed E-state index contributed by atoms with van der Waals surface area (Å²) in [5.41, 5.74) is 0.877. The van der Waals surface area contributed by atoms with E-state index in [0.29, 0.717) is 0 Å². The van der Waals surface area contributed by atoms with E-state index in [0.717, 1.165) is 38.4 Å². The van der Waals surface area contributed by atoms with Crippen LogP contribution in [0.25, 0.3) is 0 Å². The van der Waals surface area contributed by atoms with E-state index >= 15 is 0 Å². The quantitative estimate of drug-likeness (QED) is 0.694. The fraction of sp³-hybridized carbons (Fsp3) is 0.643. The first kappa shape index (κ1) is 16.0. The lowest BCUT2D eigenvalue weighted by atomic mass is 10.1. The molecule has 0 fully saturated rings. The van der Waals surface area contributed by atoms with Crippen LogP contribution in [0.4, 0.5) is 4.39 Å². The fourth-order valence-electron chi connectivity index (χ4n) is 1.86. The second kappa shape index (κ2) is 8.96. The molecular weight excluding hydrogens is 245 g/mol. The first-order valence-corrected chi connectivity index (χ1v) is 6.72. The molecule has 0 saturated heterocycles. The van der Waals surface area contributed by atoms with Gasteiger partial charge in [-0.1, -0.05) is 0 Å². The van der Waals surface area contributed by atoms with Gasteiger partial charge in [0.2, 0.25) is 0 Å². The van der Waals surface area contributed by atoms with E-state index in [1.54, 1.807) is 6.07 Å². The lowest BCUT2D eigenvalue weighted by Crippen LogP contribution is -2.28. The van der Waals surface area contributed by atoms with Crippen LogP contribution >= 0.6 is 0 Å². The Balaban J connectivity index is 2.38. The highest BCUT2D eigenvalue weighted by atomic mass is 19.1. The standard InChI is InChI=1S/C14H24FN3O/c1-4-19-10-9-18(3)8-7-13(16-2)14-6-5-12(15)11-17-14/h5-6,11,13,16H,4,7-10H2,1-3H3. The summed E-state index contributed by atoms with van der Waals surface area (Å²) in [5.74, 6) is -0.299. The summed E-state index contributed by atoms with van der Waals surface area (Å²) in [7, 11) is 3.97. The number of likely N-dealkylation sites (N-methyl/N-ethyl adjacent to an activating group) is 1. The van der Waals surface area contributed by atoms with Gasteiger partial charge in [-0.25, -0.2) is 4.39 Å². The molecule has 0 saturated carbocycles. The maximum Gasteiger partial charge on any atom is 0.141 e. The number of hydrogen-bond acceptors (Lipinski definition) is 4. The number of halogens is 1.